The SMILES string of the molecule is CCOc1cc(OCC)c2c(c1)O[C@@]1(c3ccc(Br)cc3)[C@H](c3ccccc3)CC(=N)[C@@]21O. The summed E-state index contributed by atoms with van der Waals surface area (Å²) < 4.78 is 19.5. The van der Waals surface area contributed by atoms with Crippen LogP contribution in [0.1, 0.15) is 42.9 Å². The molecule has 2 N–H and O–H groups in total. The Morgan fingerprint density at radius 2 is 1.73 bits per heavy atom. The number of ether oxygens (including phenoxy) is 3. The highest BCUT2D eigenvalue weighted by Gasteiger charge is 2.72. The third kappa shape index (κ3) is 3.11. The van der Waals surface area contributed by atoms with Gasteiger partial charge in [-0.1, -0.05) is 58.4 Å². The predicted octanol–water partition coefficient (Wildman–Crippen LogP) is 5.93. The quantitative estimate of drug-likeness (QED) is 0.433. The van der Waals surface area contributed by atoms with Gasteiger partial charge in [-0.25, -0.2) is 0 Å². The van der Waals surface area contributed by atoms with E-state index in [1.165, 1.54) is 0 Å². The van der Waals surface area contributed by atoms with Crippen molar-refractivity contribution in [3.63, 3.8) is 0 Å². The lowest BCUT2D eigenvalue weighted by molar-refractivity contribution is -0.0749. The lowest BCUT2D eigenvalue weighted by atomic mass is 9.71. The zero-order valence-electron chi connectivity index (χ0n) is 18.6. The Hall–Kier alpha value is -2.83. The van der Waals surface area contributed by atoms with Gasteiger partial charge < -0.3 is 24.7 Å². The van der Waals surface area contributed by atoms with Gasteiger partial charge >= 0.3 is 0 Å². The van der Waals surface area contributed by atoms with Gasteiger partial charge in [0.25, 0.3) is 0 Å². The van der Waals surface area contributed by atoms with Gasteiger partial charge in [0.2, 0.25) is 0 Å². The van der Waals surface area contributed by atoms with Crippen molar-refractivity contribution in [3.8, 4) is 17.2 Å². The van der Waals surface area contributed by atoms with E-state index in [-0.39, 0.29) is 11.6 Å². The highest BCUT2D eigenvalue weighted by Crippen LogP contribution is 2.67. The number of halogens is 1. The summed E-state index contributed by atoms with van der Waals surface area (Å²) in [7, 11) is 0. The molecule has 0 spiro atoms. The average Bonchev–Trinajstić information content (AvgIpc) is 3.21. The molecule has 0 bridgehead atoms. The van der Waals surface area contributed by atoms with E-state index in [2.05, 4.69) is 15.9 Å². The van der Waals surface area contributed by atoms with Crippen molar-refractivity contribution in [1.82, 2.24) is 0 Å². The van der Waals surface area contributed by atoms with Crippen LogP contribution in [0.25, 0.3) is 0 Å². The fraction of sp³-hybridized carbons (Fsp3) is 0.296. The molecule has 0 aromatic heterocycles. The summed E-state index contributed by atoms with van der Waals surface area (Å²) in [5.41, 5.74) is -0.378. The zero-order valence-corrected chi connectivity index (χ0v) is 20.2. The third-order valence-corrected chi connectivity index (χ3v) is 7.16. The van der Waals surface area contributed by atoms with E-state index < -0.39 is 11.2 Å². The monoisotopic (exact) mass is 507 g/mol. The Kier molecular flexibility index (Phi) is 5.46. The van der Waals surface area contributed by atoms with Gasteiger partial charge in [-0.2, -0.15) is 0 Å². The first-order chi connectivity index (χ1) is 16.0. The first-order valence-corrected chi connectivity index (χ1v) is 12.0. The van der Waals surface area contributed by atoms with Gasteiger partial charge in [0.05, 0.1) is 24.5 Å². The highest BCUT2D eigenvalue weighted by atomic mass is 79.9. The number of fused-ring (bicyclic) bond motifs is 3. The van der Waals surface area contributed by atoms with Crippen molar-refractivity contribution in [2.75, 3.05) is 13.2 Å². The van der Waals surface area contributed by atoms with Crippen molar-refractivity contribution >= 4 is 21.6 Å². The molecule has 3 aromatic rings. The van der Waals surface area contributed by atoms with E-state index in [1.807, 2.05) is 68.4 Å². The van der Waals surface area contributed by atoms with E-state index in [4.69, 9.17) is 19.6 Å². The number of rotatable bonds is 6. The molecule has 5 nitrogen and oxygen atoms in total. The minimum absolute atomic E-state index is 0.211. The fourth-order valence-corrected chi connectivity index (χ4v) is 5.62. The van der Waals surface area contributed by atoms with E-state index in [1.54, 1.807) is 12.1 Å². The summed E-state index contributed by atoms with van der Waals surface area (Å²) in [5.74, 6) is 1.31. The molecular formula is C27H26BrNO4. The Bertz CT molecular complexity index is 1200. The van der Waals surface area contributed by atoms with Crippen LogP contribution >= 0.6 is 15.9 Å². The summed E-state index contributed by atoms with van der Waals surface area (Å²) in [4.78, 5) is 0. The van der Waals surface area contributed by atoms with Gasteiger partial charge in [0.15, 0.2) is 11.2 Å². The summed E-state index contributed by atoms with van der Waals surface area (Å²) in [6.07, 6.45) is 0.370. The molecule has 3 aromatic carbocycles. The Morgan fingerprint density at radius 1 is 1.03 bits per heavy atom. The molecule has 0 saturated heterocycles. The Labute approximate surface area is 202 Å². The molecule has 1 saturated carbocycles. The molecule has 1 heterocycles. The van der Waals surface area contributed by atoms with Gasteiger partial charge in [-0.3, -0.25) is 0 Å². The summed E-state index contributed by atoms with van der Waals surface area (Å²) in [6, 6.07) is 21.4. The molecule has 33 heavy (non-hydrogen) atoms. The lowest BCUT2D eigenvalue weighted by Gasteiger charge is -2.39. The number of hydrogen-bond acceptors (Lipinski definition) is 5. The van der Waals surface area contributed by atoms with Crippen molar-refractivity contribution < 1.29 is 19.3 Å². The van der Waals surface area contributed by atoms with Crippen LogP contribution in [0.3, 0.4) is 0 Å². The molecule has 170 valence electrons. The normalized spacial score (nSPS) is 25.3. The van der Waals surface area contributed by atoms with Crippen LogP contribution in [-0.4, -0.2) is 24.0 Å². The second-order valence-corrected chi connectivity index (χ2v) is 9.28. The molecule has 5 rings (SSSR count). The van der Waals surface area contributed by atoms with Crippen LogP contribution in [0.5, 0.6) is 17.2 Å². The molecule has 0 radical (unpaired) electrons. The Morgan fingerprint density at radius 3 is 2.39 bits per heavy atom. The number of nitrogens with one attached hydrogen (secondary N) is 1. The first kappa shape index (κ1) is 22.0. The van der Waals surface area contributed by atoms with Crippen molar-refractivity contribution in [2.45, 2.75) is 37.4 Å². The van der Waals surface area contributed by atoms with Gasteiger partial charge in [-0.05, 0) is 43.5 Å². The van der Waals surface area contributed by atoms with E-state index in [0.29, 0.717) is 42.4 Å². The van der Waals surface area contributed by atoms with Crippen molar-refractivity contribution in [1.29, 1.82) is 5.41 Å². The number of benzene rings is 3. The van der Waals surface area contributed by atoms with Crippen molar-refractivity contribution in [2.24, 2.45) is 0 Å². The second kappa shape index (κ2) is 8.19. The van der Waals surface area contributed by atoms with Gasteiger partial charge in [-0.15, -0.1) is 0 Å². The first-order valence-electron chi connectivity index (χ1n) is 11.2. The third-order valence-electron chi connectivity index (χ3n) is 6.63. The standard InChI is InChI=1S/C27H26BrNO4/c1-3-31-20-14-22(32-4-2)25-23(15-20)33-27(18-10-12-19(28)13-11-18)21(16-24(29)26(25,27)30)17-8-6-5-7-9-17/h5-15,21,29-30H,3-4,16H2,1-2H3/t21-,26+,27-/m0/s1. The van der Waals surface area contributed by atoms with Crippen LogP contribution in [0.2, 0.25) is 0 Å². The average molecular weight is 508 g/mol. The molecule has 0 amide bonds. The molecule has 1 aliphatic carbocycles. The van der Waals surface area contributed by atoms with Gasteiger partial charge in [0.1, 0.15) is 17.2 Å². The van der Waals surface area contributed by atoms with Crippen LogP contribution < -0.4 is 14.2 Å². The lowest BCUT2D eigenvalue weighted by Crippen LogP contribution is -2.50. The van der Waals surface area contributed by atoms with Crippen LogP contribution in [0.4, 0.5) is 0 Å². The molecule has 2 aliphatic rings. The maximum absolute atomic E-state index is 12.5. The second-order valence-electron chi connectivity index (χ2n) is 8.36. The maximum Gasteiger partial charge on any atom is 0.179 e. The van der Waals surface area contributed by atoms with Crippen LogP contribution in [-0.2, 0) is 11.2 Å². The molecule has 3 atom stereocenters. The zero-order chi connectivity index (χ0) is 23.2. The molecule has 1 fully saturated rings. The maximum atomic E-state index is 12.5. The minimum atomic E-state index is -1.69. The van der Waals surface area contributed by atoms with E-state index in [0.717, 1.165) is 15.6 Å². The number of hydrogen-bond donors (Lipinski definition) is 2. The Balaban J connectivity index is 1.80. The molecule has 6 heteroatoms. The number of aliphatic hydroxyl groups is 1. The molecule has 1 aliphatic heterocycles. The van der Waals surface area contributed by atoms with Gasteiger partial charge in [0, 0.05) is 22.5 Å². The molecule has 0 unspecified atom stereocenters. The van der Waals surface area contributed by atoms with E-state index >= 15 is 0 Å². The van der Waals surface area contributed by atoms with Crippen molar-refractivity contribution in [3.05, 3.63) is 87.9 Å². The highest BCUT2D eigenvalue weighted by molar-refractivity contribution is 9.10. The fourth-order valence-electron chi connectivity index (χ4n) is 5.35. The van der Waals surface area contributed by atoms with Crippen LogP contribution in [0.15, 0.2) is 71.2 Å². The van der Waals surface area contributed by atoms with Crippen LogP contribution in [0, 0.1) is 5.41 Å². The molecular weight excluding hydrogens is 482 g/mol. The minimum Gasteiger partial charge on any atom is -0.494 e. The predicted molar refractivity (Wildman–Crippen MR) is 131 cm³/mol. The largest absolute Gasteiger partial charge is 0.494 e. The summed E-state index contributed by atoms with van der Waals surface area (Å²) >= 11 is 3.51. The summed E-state index contributed by atoms with van der Waals surface area (Å²) in [5, 5.41) is 21.5. The smallest absolute Gasteiger partial charge is 0.179 e. The van der Waals surface area contributed by atoms with E-state index in [9.17, 15) is 5.11 Å². The topological polar surface area (TPSA) is 71.8 Å². The summed E-state index contributed by atoms with van der Waals surface area (Å²) in [6.45, 7) is 4.73.